The van der Waals surface area contributed by atoms with Crippen LogP contribution in [0.3, 0.4) is 0 Å². The number of anilines is 1. The van der Waals surface area contributed by atoms with Crippen molar-refractivity contribution in [3.63, 3.8) is 0 Å². The lowest BCUT2D eigenvalue weighted by molar-refractivity contribution is -0.125. The van der Waals surface area contributed by atoms with Gasteiger partial charge in [0.15, 0.2) is 0 Å². The lowest BCUT2D eigenvalue weighted by Crippen LogP contribution is -2.44. The van der Waals surface area contributed by atoms with Crippen LogP contribution in [0.4, 0.5) is 5.82 Å². The van der Waals surface area contributed by atoms with Gasteiger partial charge in [0.25, 0.3) is 5.56 Å². The van der Waals surface area contributed by atoms with Crippen LogP contribution in [0, 0.1) is 12.8 Å². The fourth-order valence-corrected chi connectivity index (χ4v) is 3.57. The number of nitrogens with one attached hydrogen (secondary N) is 1. The molecule has 0 aromatic carbocycles. The zero-order chi connectivity index (χ0) is 20.9. The van der Waals surface area contributed by atoms with E-state index in [1.54, 1.807) is 19.4 Å². The maximum atomic E-state index is 12.7. The molecule has 4 rings (SSSR count). The zero-order valence-electron chi connectivity index (χ0n) is 16.8. The maximum Gasteiger partial charge on any atom is 0.253 e. The van der Waals surface area contributed by atoms with Crippen molar-refractivity contribution in [3.05, 3.63) is 59.6 Å². The van der Waals surface area contributed by atoms with Crippen molar-refractivity contribution in [3.8, 4) is 5.82 Å². The smallest absolute Gasteiger partial charge is 0.253 e. The Morgan fingerprint density at radius 2 is 2.07 bits per heavy atom. The lowest BCUT2D eigenvalue weighted by Gasteiger charge is -2.33. The molecule has 0 bridgehead atoms. The molecule has 0 aliphatic carbocycles. The number of rotatable bonds is 6. The monoisotopic (exact) mass is 408 g/mol. The van der Waals surface area contributed by atoms with Crippen LogP contribution in [0.25, 0.3) is 5.82 Å². The third-order valence-electron chi connectivity index (χ3n) is 5.19. The van der Waals surface area contributed by atoms with Gasteiger partial charge in [-0.05, 0) is 19.8 Å². The lowest BCUT2D eigenvalue weighted by atomic mass is 9.97. The van der Waals surface area contributed by atoms with Crippen LogP contribution >= 0.6 is 0 Å². The second-order valence-corrected chi connectivity index (χ2v) is 7.34. The van der Waals surface area contributed by atoms with Crippen LogP contribution in [0.15, 0.2) is 48.3 Å². The van der Waals surface area contributed by atoms with E-state index in [-0.39, 0.29) is 17.4 Å². The normalized spacial score (nSPS) is 16.4. The zero-order valence-corrected chi connectivity index (χ0v) is 16.8. The van der Waals surface area contributed by atoms with Gasteiger partial charge in [-0.1, -0.05) is 0 Å². The van der Waals surface area contributed by atoms with E-state index in [4.69, 9.17) is 0 Å². The maximum absolute atomic E-state index is 12.7. The molecule has 0 radical (unpaired) electrons. The Bertz CT molecular complexity index is 1060. The Balaban J connectivity index is 1.35. The van der Waals surface area contributed by atoms with E-state index >= 15 is 0 Å². The van der Waals surface area contributed by atoms with Gasteiger partial charge in [0.1, 0.15) is 24.3 Å². The van der Waals surface area contributed by atoms with E-state index in [2.05, 4.69) is 30.2 Å². The molecule has 0 saturated carbocycles. The molecular formula is C20H24N8O2. The van der Waals surface area contributed by atoms with Crippen LogP contribution in [0.5, 0.6) is 0 Å². The Kier molecular flexibility index (Phi) is 5.82. The molecule has 3 aromatic heterocycles. The van der Waals surface area contributed by atoms with Gasteiger partial charge in [-0.15, -0.1) is 0 Å². The number of hydrogen-bond acceptors (Lipinski definition) is 7. The van der Waals surface area contributed by atoms with E-state index in [0.717, 1.165) is 31.0 Å². The minimum absolute atomic E-state index is 0.00305. The number of aromatic nitrogens is 6. The van der Waals surface area contributed by atoms with Crippen LogP contribution in [0.2, 0.25) is 0 Å². The summed E-state index contributed by atoms with van der Waals surface area (Å²) in [6.07, 6.45) is 9.99. The number of piperidine rings is 1. The average molecular weight is 408 g/mol. The Morgan fingerprint density at radius 3 is 2.87 bits per heavy atom. The molecule has 1 amide bonds. The van der Waals surface area contributed by atoms with E-state index in [9.17, 15) is 9.59 Å². The van der Waals surface area contributed by atoms with Gasteiger partial charge in [0.2, 0.25) is 5.91 Å². The van der Waals surface area contributed by atoms with Crippen LogP contribution in [-0.2, 0) is 11.3 Å². The Hall–Kier alpha value is -3.56. The second-order valence-electron chi connectivity index (χ2n) is 7.34. The molecule has 10 heteroatoms. The van der Waals surface area contributed by atoms with E-state index in [0.29, 0.717) is 25.3 Å². The Labute approximate surface area is 173 Å². The molecule has 156 valence electrons. The Morgan fingerprint density at radius 1 is 1.20 bits per heavy atom. The van der Waals surface area contributed by atoms with E-state index < -0.39 is 0 Å². The quantitative estimate of drug-likeness (QED) is 0.634. The second kappa shape index (κ2) is 8.85. The fraction of sp³-hybridized carbons (Fsp3) is 0.400. The number of amides is 1. The number of nitrogens with zero attached hydrogens (tertiary/aromatic N) is 7. The first-order valence-electron chi connectivity index (χ1n) is 9.96. The highest BCUT2D eigenvalue weighted by Crippen LogP contribution is 2.22. The molecule has 10 nitrogen and oxygen atoms in total. The SMILES string of the molecule is Cc1cc(=O)n(CCNC(=O)C2CCCN(c3cc(-n4ccnc4)ncn3)C2)cn1. The molecule has 0 spiro atoms. The highest BCUT2D eigenvalue weighted by molar-refractivity contribution is 5.79. The summed E-state index contributed by atoms with van der Waals surface area (Å²) < 4.78 is 3.32. The summed E-state index contributed by atoms with van der Waals surface area (Å²) in [6.45, 7) is 4.00. The summed E-state index contributed by atoms with van der Waals surface area (Å²) in [5.74, 6) is 1.40. The summed E-state index contributed by atoms with van der Waals surface area (Å²) in [7, 11) is 0. The average Bonchev–Trinajstić information content (AvgIpc) is 3.30. The third kappa shape index (κ3) is 4.53. The summed E-state index contributed by atoms with van der Waals surface area (Å²) in [5, 5.41) is 2.95. The van der Waals surface area contributed by atoms with Crippen molar-refractivity contribution in [1.29, 1.82) is 0 Å². The van der Waals surface area contributed by atoms with E-state index in [1.165, 1.54) is 23.3 Å². The first-order chi connectivity index (χ1) is 14.6. The molecule has 30 heavy (non-hydrogen) atoms. The van der Waals surface area contributed by atoms with Gasteiger partial charge >= 0.3 is 0 Å². The molecule has 1 atom stereocenters. The number of hydrogen-bond donors (Lipinski definition) is 1. The molecule has 1 unspecified atom stereocenters. The number of aryl methyl sites for hydroxylation is 1. The molecule has 1 fully saturated rings. The standard InChI is InChI=1S/C20H24N8O2/c1-15-9-19(29)28(14-25-15)8-5-22-20(30)16-3-2-6-26(11-16)17-10-18(24-12-23-17)27-7-4-21-13-27/h4,7,9-10,12-14,16H,2-3,5-6,8,11H2,1H3,(H,22,30). The predicted octanol–water partition coefficient (Wildman–Crippen LogP) is 0.560. The van der Waals surface area contributed by atoms with Crippen LogP contribution in [0.1, 0.15) is 18.5 Å². The molecule has 3 aromatic rings. The molecule has 1 aliphatic heterocycles. The van der Waals surface area contributed by atoms with Crippen molar-refractivity contribution in [2.45, 2.75) is 26.3 Å². The van der Waals surface area contributed by atoms with Gasteiger partial charge in [-0.3, -0.25) is 18.7 Å². The summed E-state index contributed by atoms with van der Waals surface area (Å²) in [6, 6.07) is 3.39. The van der Waals surface area contributed by atoms with Gasteiger partial charge in [0, 0.05) is 56.4 Å². The first kappa shape index (κ1) is 19.7. The van der Waals surface area contributed by atoms with Gasteiger partial charge < -0.3 is 10.2 Å². The van der Waals surface area contributed by atoms with Crippen LogP contribution in [-0.4, -0.2) is 54.6 Å². The molecule has 4 heterocycles. The predicted molar refractivity (Wildman–Crippen MR) is 110 cm³/mol. The number of carbonyl (C=O) groups excluding carboxylic acids is 1. The molecule has 1 N–H and O–H groups in total. The highest BCUT2D eigenvalue weighted by Gasteiger charge is 2.26. The van der Waals surface area contributed by atoms with Crippen molar-refractivity contribution in [1.82, 2.24) is 34.4 Å². The largest absolute Gasteiger partial charge is 0.356 e. The van der Waals surface area contributed by atoms with Crippen LogP contribution < -0.4 is 15.8 Å². The summed E-state index contributed by atoms with van der Waals surface area (Å²) >= 11 is 0. The highest BCUT2D eigenvalue weighted by atomic mass is 16.2. The number of imidazole rings is 1. The minimum atomic E-state index is -0.127. The van der Waals surface area contributed by atoms with Gasteiger partial charge in [0.05, 0.1) is 12.2 Å². The first-order valence-corrected chi connectivity index (χ1v) is 9.96. The summed E-state index contributed by atoms with van der Waals surface area (Å²) in [5.41, 5.74) is 0.571. The van der Waals surface area contributed by atoms with Crippen molar-refractivity contribution < 1.29 is 4.79 Å². The number of carbonyl (C=O) groups is 1. The summed E-state index contributed by atoms with van der Waals surface area (Å²) in [4.78, 5) is 43.5. The topological polar surface area (TPSA) is 111 Å². The molecule has 1 aliphatic rings. The molecule has 1 saturated heterocycles. The fourth-order valence-electron chi connectivity index (χ4n) is 3.57. The minimum Gasteiger partial charge on any atom is -0.356 e. The van der Waals surface area contributed by atoms with Crippen molar-refractivity contribution in [2.75, 3.05) is 24.5 Å². The van der Waals surface area contributed by atoms with Gasteiger partial charge in [-0.25, -0.2) is 19.9 Å². The molecular weight excluding hydrogens is 384 g/mol. The van der Waals surface area contributed by atoms with Gasteiger partial charge in [-0.2, -0.15) is 0 Å². The third-order valence-corrected chi connectivity index (χ3v) is 5.19. The van der Waals surface area contributed by atoms with Crippen molar-refractivity contribution >= 4 is 11.7 Å². The van der Waals surface area contributed by atoms with Crippen molar-refractivity contribution in [2.24, 2.45) is 5.92 Å². The van der Waals surface area contributed by atoms with E-state index in [1.807, 2.05) is 16.8 Å².